The molecule has 5 nitrogen and oxygen atoms in total. The van der Waals surface area contributed by atoms with Gasteiger partial charge in [0, 0.05) is 5.69 Å². The molecule has 3 N–H and O–H groups in total. The number of sulfone groups is 1. The summed E-state index contributed by atoms with van der Waals surface area (Å²) >= 11 is 0. The number of hydrogen-bond donors (Lipinski definition) is 2. The summed E-state index contributed by atoms with van der Waals surface area (Å²) in [6.45, 7) is 3.74. The van der Waals surface area contributed by atoms with Gasteiger partial charge in [-0.2, -0.15) is 0 Å². The van der Waals surface area contributed by atoms with E-state index in [9.17, 15) is 13.2 Å². The first kappa shape index (κ1) is 16.7. The van der Waals surface area contributed by atoms with E-state index in [2.05, 4.69) is 5.32 Å². The van der Waals surface area contributed by atoms with E-state index < -0.39 is 21.0 Å². The molecule has 0 spiro atoms. The lowest BCUT2D eigenvalue weighted by atomic mass is 10.1. The smallest absolute Gasteiger partial charge is 0.242 e. The second-order valence-electron chi connectivity index (χ2n) is 4.69. The van der Waals surface area contributed by atoms with Crippen molar-refractivity contribution in [3.05, 3.63) is 29.8 Å². The molecule has 1 aromatic carbocycles. The second-order valence-corrected chi connectivity index (χ2v) is 7.13. The third-order valence-electron chi connectivity index (χ3n) is 3.17. The van der Waals surface area contributed by atoms with Crippen LogP contribution in [0.5, 0.6) is 0 Å². The molecule has 0 fully saturated rings. The predicted octanol–water partition coefficient (Wildman–Crippen LogP) is 1.34. The fourth-order valence-corrected chi connectivity index (χ4v) is 3.00. The average molecular weight is 298 g/mol. The molecule has 20 heavy (non-hydrogen) atoms. The third-order valence-corrected chi connectivity index (χ3v) is 5.32. The van der Waals surface area contributed by atoms with Crippen LogP contribution in [0.3, 0.4) is 0 Å². The summed E-state index contributed by atoms with van der Waals surface area (Å²) < 4.78 is 23.8. The summed E-state index contributed by atoms with van der Waals surface area (Å²) in [4.78, 5) is 12.0. The van der Waals surface area contributed by atoms with Crippen LogP contribution in [-0.4, -0.2) is 31.9 Å². The van der Waals surface area contributed by atoms with E-state index >= 15 is 0 Å². The van der Waals surface area contributed by atoms with Crippen LogP contribution in [0.4, 0.5) is 5.69 Å². The van der Waals surface area contributed by atoms with Crippen molar-refractivity contribution in [3.8, 4) is 0 Å². The fraction of sp³-hybridized carbons (Fsp3) is 0.500. The van der Waals surface area contributed by atoms with E-state index in [1.165, 1.54) is 6.92 Å². The topological polar surface area (TPSA) is 89.3 Å². The molecule has 0 radical (unpaired) electrons. The molecule has 1 atom stereocenters. The summed E-state index contributed by atoms with van der Waals surface area (Å²) in [6.07, 6.45) is 1.28. The maximum absolute atomic E-state index is 12.0. The number of carbonyl (C=O) groups excluding carboxylic acids is 1. The molecule has 1 rings (SSSR count). The van der Waals surface area contributed by atoms with E-state index in [0.717, 1.165) is 12.0 Å². The number of rotatable bonds is 7. The van der Waals surface area contributed by atoms with Gasteiger partial charge in [0.05, 0.1) is 5.75 Å². The maximum Gasteiger partial charge on any atom is 0.242 e. The van der Waals surface area contributed by atoms with Crippen LogP contribution in [0.25, 0.3) is 0 Å². The van der Waals surface area contributed by atoms with Crippen LogP contribution >= 0.6 is 0 Å². The number of carbonyl (C=O) groups is 1. The minimum absolute atomic E-state index is 0.0626. The summed E-state index contributed by atoms with van der Waals surface area (Å²) in [7, 11) is -3.45. The third kappa shape index (κ3) is 4.61. The van der Waals surface area contributed by atoms with Crippen LogP contribution in [0.1, 0.15) is 25.8 Å². The Hall–Kier alpha value is -1.40. The molecule has 0 bridgehead atoms. The second kappa shape index (κ2) is 7.40. The lowest BCUT2D eigenvalue weighted by Crippen LogP contribution is -2.34. The molecule has 0 saturated heterocycles. The Balaban J connectivity index is 2.69. The molecule has 1 unspecified atom stereocenters. The largest absolute Gasteiger partial charge is 0.330 e. The van der Waals surface area contributed by atoms with Crippen LogP contribution in [0.2, 0.25) is 0 Å². The standard InChI is InChI=1S/C14H22N2O3S/c1-3-12-5-7-13(8-6-12)16-14(17)11(2)20(18,19)10-4-9-15/h5-8,11H,3-4,9-10,15H2,1-2H3,(H,16,17). The Bertz CT molecular complexity index is 538. The molecule has 1 amide bonds. The molecule has 0 aromatic heterocycles. The normalized spacial score (nSPS) is 12.9. The lowest BCUT2D eigenvalue weighted by Gasteiger charge is -2.13. The van der Waals surface area contributed by atoms with Gasteiger partial charge < -0.3 is 11.1 Å². The maximum atomic E-state index is 12.0. The Labute approximate surface area is 120 Å². The van der Waals surface area contributed by atoms with Gasteiger partial charge in [0.25, 0.3) is 0 Å². The van der Waals surface area contributed by atoms with Crippen LogP contribution < -0.4 is 11.1 Å². The molecule has 112 valence electrons. The number of benzene rings is 1. The molecule has 0 aliphatic rings. The molecule has 0 saturated carbocycles. The number of nitrogens with one attached hydrogen (secondary N) is 1. The zero-order chi connectivity index (χ0) is 15.2. The lowest BCUT2D eigenvalue weighted by molar-refractivity contribution is -0.115. The molecular formula is C14H22N2O3S. The fourth-order valence-electron chi connectivity index (χ4n) is 1.69. The van der Waals surface area contributed by atoms with Crippen molar-refractivity contribution >= 4 is 21.4 Å². The van der Waals surface area contributed by atoms with Crippen molar-refractivity contribution < 1.29 is 13.2 Å². The Morgan fingerprint density at radius 3 is 2.40 bits per heavy atom. The first-order chi connectivity index (χ1) is 9.40. The average Bonchev–Trinajstić information content (AvgIpc) is 2.45. The highest BCUT2D eigenvalue weighted by atomic mass is 32.2. The van der Waals surface area contributed by atoms with Gasteiger partial charge in [-0.25, -0.2) is 8.42 Å². The van der Waals surface area contributed by atoms with Crippen molar-refractivity contribution in [2.75, 3.05) is 17.6 Å². The first-order valence-corrected chi connectivity index (χ1v) is 8.43. The minimum Gasteiger partial charge on any atom is -0.330 e. The summed E-state index contributed by atoms with van der Waals surface area (Å²) in [5, 5.41) is 1.56. The van der Waals surface area contributed by atoms with E-state index in [0.29, 0.717) is 18.7 Å². The number of nitrogens with two attached hydrogens (primary N) is 1. The molecule has 0 aliphatic carbocycles. The zero-order valence-electron chi connectivity index (χ0n) is 11.9. The number of anilines is 1. The van der Waals surface area contributed by atoms with Gasteiger partial charge in [0.15, 0.2) is 9.84 Å². The highest BCUT2D eigenvalue weighted by molar-refractivity contribution is 7.92. The highest BCUT2D eigenvalue weighted by Crippen LogP contribution is 2.12. The van der Waals surface area contributed by atoms with Crippen molar-refractivity contribution in [3.63, 3.8) is 0 Å². The first-order valence-electron chi connectivity index (χ1n) is 6.72. The van der Waals surface area contributed by atoms with Gasteiger partial charge in [-0.15, -0.1) is 0 Å². The number of hydrogen-bond acceptors (Lipinski definition) is 4. The van der Waals surface area contributed by atoms with Crippen molar-refractivity contribution in [1.29, 1.82) is 0 Å². The van der Waals surface area contributed by atoms with Gasteiger partial charge in [0.1, 0.15) is 5.25 Å². The van der Waals surface area contributed by atoms with Gasteiger partial charge in [0.2, 0.25) is 5.91 Å². The predicted molar refractivity (Wildman–Crippen MR) is 81.4 cm³/mol. The van der Waals surface area contributed by atoms with E-state index in [1.54, 1.807) is 12.1 Å². The van der Waals surface area contributed by atoms with Gasteiger partial charge in [-0.3, -0.25) is 4.79 Å². The molecule has 0 aliphatic heterocycles. The summed E-state index contributed by atoms with van der Waals surface area (Å²) in [6, 6.07) is 7.36. The van der Waals surface area contributed by atoms with Gasteiger partial charge in [-0.1, -0.05) is 19.1 Å². The van der Waals surface area contributed by atoms with E-state index in [-0.39, 0.29) is 5.75 Å². The summed E-state index contributed by atoms with van der Waals surface area (Å²) in [5.41, 5.74) is 7.06. The van der Waals surface area contributed by atoms with Crippen LogP contribution in [0, 0.1) is 0 Å². The Kier molecular flexibility index (Phi) is 6.16. The number of amides is 1. The minimum atomic E-state index is -3.45. The van der Waals surface area contributed by atoms with Crippen molar-refractivity contribution in [2.45, 2.75) is 31.9 Å². The Morgan fingerprint density at radius 1 is 1.30 bits per heavy atom. The zero-order valence-corrected chi connectivity index (χ0v) is 12.7. The molecule has 6 heteroatoms. The molecule has 1 aromatic rings. The van der Waals surface area contributed by atoms with Gasteiger partial charge in [-0.05, 0) is 44.0 Å². The van der Waals surface area contributed by atoms with Crippen LogP contribution in [0.15, 0.2) is 24.3 Å². The monoisotopic (exact) mass is 298 g/mol. The van der Waals surface area contributed by atoms with Crippen LogP contribution in [-0.2, 0) is 21.1 Å². The van der Waals surface area contributed by atoms with Crippen molar-refractivity contribution in [1.82, 2.24) is 0 Å². The van der Waals surface area contributed by atoms with Gasteiger partial charge >= 0.3 is 0 Å². The number of aryl methyl sites for hydroxylation is 1. The molecular weight excluding hydrogens is 276 g/mol. The Morgan fingerprint density at radius 2 is 1.90 bits per heavy atom. The summed E-state index contributed by atoms with van der Waals surface area (Å²) in [5.74, 6) is -0.571. The quantitative estimate of drug-likeness (QED) is 0.795. The van der Waals surface area contributed by atoms with Crippen molar-refractivity contribution in [2.24, 2.45) is 5.73 Å². The SMILES string of the molecule is CCc1ccc(NC(=O)C(C)S(=O)(=O)CCCN)cc1. The van der Waals surface area contributed by atoms with E-state index in [1.807, 2.05) is 19.1 Å². The van der Waals surface area contributed by atoms with E-state index in [4.69, 9.17) is 5.73 Å². The molecule has 0 heterocycles. The highest BCUT2D eigenvalue weighted by Gasteiger charge is 2.27.